The van der Waals surface area contributed by atoms with Crippen molar-refractivity contribution in [3.63, 3.8) is 0 Å². The summed E-state index contributed by atoms with van der Waals surface area (Å²) in [7, 11) is 1.77. The fourth-order valence-corrected chi connectivity index (χ4v) is 3.89. The van der Waals surface area contributed by atoms with Crippen molar-refractivity contribution in [3.8, 4) is 11.5 Å². The minimum Gasteiger partial charge on any atom is -0.454 e. The minimum atomic E-state index is -0.0439. The van der Waals surface area contributed by atoms with E-state index >= 15 is 0 Å². The van der Waals surface area contributed by atoms with Gasteiger partial charge < -0.3 is 14.8 Å². The zero-order valence-electron chi connectivity index (χ0n) is 19.4. The van der Waals surface area contributed by atoms with Gasteiger partial charge in [0, 0.05) is 24.8 Å². The largest absolute Gasteiger partial charge is 0.454 e. The van der Waals surface area contributed by atoms with Gasteiger partial charge in [0.2, 0.25) is 12.7 Å². The van der Waals surface area contributed by atoms with Crippen LogP contribution in [-0.4, -0.2) is 25.9 Å². The number of nitrogens with one attached hydrogen (secondary N) is 1. The van der Waals surface area contributed by atoms with E-state index in [-0.39, 0.29) is 18.5 Å². The third-order valence-corrected chi connectivity index (χ3v) is 5.41. The van der Waals surface area contributed by atoms with Crippen molar-refractivity contribution >= 4 is 22.8 Å². The maximum absolute atomic E-state index is 12.9. The van der Waals surface area contributed by atoms with Crippen molar-refractivity contribution in [1.82, 2.24) is 19.1 Å². The van der Waals surface area contributed by atoms with Crippen molar-refractivity contribution in [2.24, 2.45) is 7.05 Å². The molecule has 0 radical (unpaired) electrons. The molecule has 0 amide bonds. The average Bonchev–Trinajstić information content (AvgIpc) is 3.31. The van der Waals surface area contributed by atoms with Crippen molar-refractivity contribution in [1.29, 1.82) is 0 Å². The van der Waals surface area contributed by atoms with Crippen molar-refractivity contribution in [2.75, 3.05) is 12.1 Å². The van der Waals surface area contributed by atoms with Gasteiger partial charge in [-0.25, -0.2) is 9.78 Å². The third kappa shape index (κ3) is 4.38. The maximum Gasteiger partial charge on any atom is 0.330 e. The van der Waals surface area contributed by atoms with Crippen LogP contribution >= 0.6 is 0 Å². The molecule has 0 aliphatic carbocycles. The Balaban J connectivity index is 0.00000132. The Hall–Kier alpha value is -3.03. The van der Waals surface area contributed by atoms with Gasteiger partial charge in [-0.05, 0) is 31.4 Å². The highest BCUT2D eigenvalue weighted by Gasteiger charge is 2.21. The third-order valence-electron chi connectivity index (χ3n) is 5.41. The normalized spacial score (nSPS) is 12.2. The van der Waals surface area contributed by atoms with E-state index in [1.807, 2.05) is 37.5 Å². The van der Waals surface area contributed by atoms with Crippen molar-refractivity contribution in [2.45, 2.75) is 66.3 Å². The molecule has 1 N–H and O–H groups in total. The second-order valence-corrected chi connectivity index (χ2v) is 7.49. The number of ether oxygens (including phenoxy) is 2. The quantitative estimate of drug-likeness (QED) is 0.566. The molecule has 1 aromatic carbocycles. The predicted octanol–water partition coefficient (Wildman–Crippen LogP) is 5.08. The van der Waals surface area contributed by atoms with E-state index in [2.05, 4.69) is 24.1 Å². The summed E-state index contributed by atoms with van der Waals surface area (Å²) in [6.07, 6.45) is 5.63. The molecule has 31 heavy (non-hydrogen) atoms. The van der Waals surface area contributed by atoms with Gasteiger partial charge in [0.15, 0.2) is 17.1 Å². The van der Waals surface area contributed by atoms with Crippen LogP contribution < -0.4 is 20.5 Å². The SMILES string of the molecule is CC.CCCC(CCC)n1c(=O)n(C)c2cnc(Nc3cc4c(cc3C)OCO4)nc21. The molecule has 3 heterocycles. The topological polar surface area (TPSA) is 83.2 Å². The summed E-state index contributed by atoms with van der Waals surface area (Å²) in [6, 6.07) is 3.96. The maximum atomic E-state index is 12.9. The van der Waals surface area contributed by atoms with Gasteiger partial charge in [-0.1, -0.05) is 40.5 Å². The number of rotatable bonds is 7. The van der Waals surface area contributed by atoms with E-state index in [9.17, 15) is 4.79 Å². The summed E-state index contributed by atoms with van der Waals surface area (Å²) in [5.74, 6) is 1.88. The summed E-state index contributed by atoms with van der Waals surface area (Å²) >= 11 is 0. The summed E-state index contributed by atoms with van der Waals surface area (Å²) in [6.45, 7) is 10.5. The molecule has 0 saturated carbocycles. The van der Waals surface area contributed by atoms with Crippen LogP contribution in [0, 0.1) is 6.92 Å². The first-order chi connectivity index (χ1) is 15.0. The molecule has 168 valence electrons. The molecule has 0 atom stereocenters. The minimum absolute atomic E-state index is 0.0439. The fraction of sp³-hybridized carbons (Fsp3) is 0.522. The Bertz CT molecular complexity index is 1100. The number of benzene rings is 1. The monoisotopic (exact) mass is 427 g/mol. The van der Waals surface area contributed by atoms with Crippen LogP contribution in [0.2, 0.25) is 0 Å². The molecule has 8 heteroatoms. The number of hydrogen-bond donors (Lipinski definition) is 1. The molecule has 0 spiro atoms. The van der Waals surface area contributed by atoms with E-state index in [1.54, 1.807) is 17.8 Å². The Morgan fingerprint density at radius 1 is 1.13 bits per heavy atom. The number of aryl methyl sites for hydroxylation is 2. The molecule has 2 aromatic heterocycles. The van der Waals surface area contributed by atoms with Crippen molar-refractivity contribution < 1.29 is 9.47 Å². The van der Waals surface area contributed by atoms with E-state index in [0.29, 0.717) is 17.3 Å². The molecule has 0 saturated heterocycles. The van der Waals surface area contributed by atoms with Gasteiger partial charge in [-0.2, -0.15) is 4.98 Å². The molecule has 0 fully saturated rings. The van der Waals surface area contributed by atoms with Crippen LogP contribution in [0.5, 0.6) is 11.5 Å². The number of nitrogens with zero attached hydrogens (tertiary/aromatic N) is 4. The Labute approximate surface area is 183 Å². The highest BCUT2D eigenvalue weighted by molar-refractivity contribution is 5.73. The second kappa shape index (κ2) is 9.85. The number of imidazole rings is 1. The number of anilines is 2. The van der Waals surface area contributed by atoms with Gasteiger partial charge in [0.25, 0.3) is 0 Å². The highest BCUT2D eigenvalue weighted by Crippen LogP contribution is 2.37. The summed E-state index contributed by atoms with van der Waals surface area (Å²) < 4.78 is 14.4. The van der Waals surface area contributed by atoms with Gasteiger partial charge in [0.1, 0.15) is 5.52 Å². The summed E-state index contributed by atoms with van der Waals surface area (Å²) in [5.41, 5.74) is 3.20. The lowest BCUT2D eigenvalue weighted by Crippen LogP contribution is -2.26. The van der Waals surface area contributed by atoms with E-state index < -0.39 is 0 Å². The summed E-state index contributed by atoms with van der Waals surface area (Å²) in [4.78, 5) is 22.1. The van der Waals surface area contributed by atoms with Gasteiger partial charge in [-0.3, -0.25) is 9.13 Å². The van der Waals surface area contributed by atoms with Gasteiger partial charge >= 0.3 is 5.69 Å². The molecule has 8 nitrogen and oxygen atoms in total. The fourth-order valence-electron chi connectivity index (χ4n) is 3.89. The summed E-state index contributed by atoms with van der Waals surface area (Å²) in [5, 5.41) is 3.27. The predicted molar refractivity (Wildman–Crippen MR) is 124 cm³/mol. The molecule has 1 aliphatic rings. The number of aromatic nitrogens is 4. The molecular weight excluding hydrogens is 394 g/mol. The lowest BCUT2D eigenvalue weighted by molar-refractivity contribution is 0.174. The first-order valence-electron chi connectivity index (χ1n) is 11.1. The van der Waals surface area contributed by atoms with Crippen molar-refractivity contribution in [3.05, 3.63) is 34.4 Å². The molecular formula is C23H33N5O3. The highest BCUT2D eigenvalue weighted by atomic mass is 16.7. The van der Waals surface area contributed by atoms with Crippen LogP contribution in [0.3, 0.4) is 0 Å². The van der Waals surface area contributed by atoms with Gasteiger partial charge in [0.05, 0.1) is 6.20 Å². The smallest absolute Gasteiger partial charge is 0.330 e. The molecule has 4 rings (SSSR count). The molecule has 1 aliphatic heterocycles. The van der Waals surface area contributed by atoms with Crippen LogP contribution in [0.25, 0.3) is 11.2 Å². The molecule has 3 aromatic rings. The second-order valence-electron chi connectivity index (χ2n) is 7.49. The zero-order chi connectivity index (χ0) is 22.5. The molecule has 0 unspecified atom stereocenters. The van der Waals surface area contributed by atoms with E-state index in [0.717, 1.165) is 48.2 Å². The number of fused-ring (bicyclic) bond motifs is 2. The van der Waals surface area contributed by atoms with Crippen LogP contribution in [0.15, 0.2) is 23.1 Å². The Kier molecular flexibility index (Phi) is 7.20. The Morgan fingerprint density at radius 2 is 1.77 bits per heavy atom. The van der Waals surface area contributed by atoms with Crippen LogP contribution in [0.4, 0.5) is 11.6 Å². The van der Waals surface area contributed by atoms with Crippen LogP contribution in [0.1, 0.15) is 65.0 Å². The van der Waals surface area contributed by atoms with E-state index in [4.69, 9.17) is 14.5 Å². The Morgan fingerprint density at radius 3 is 2.42 bits per heavy atom. The van der Waals surface area contributed by atoms with Crippen LogP contribution in [-0.2, 0) is 7.05 Å². The standard InChI is InChI=1S/C21H27N5O3.C2H6/c1-5-7-14(8-6-2)26-19-16(25(4)21(26)27)11-22-20(24-19)23-15-10-18-17(9-13(15)3)28-12-29-18;1-2/h9-11,14H,5-8,12H2,1-4H3,(H,22,23,24);1-2H3. The lowest BCUT2D eigenvalue weighted by Gasteiger charge is -2.17. The first-order valence-corrected chi connectivity index (χ1v) is 11.1. The van der Waals surface area contributed by atoms with E-state index in [1.165, 1.54) is 0 Å². The average molecular weight is 428 g/mol. The zero-order valence-corrected chi connectivity index (χ0v) is 19.4. The first kappa shape index (κ1) is 22.7. The number of hydrogen-bond acceptors (Lipinski definition) is 6. The molecule has 0 bridgehead atoms. The lowest BCUT2D eigenvalue weighted by atomic mass is 10.1. The van der Waals surface area contributed by atoms with Gasteiger partial charge in [-0.15, -0.1) is 0 Å².